The van der Waals surface area contributed by atoms with Gasteiger partial charge >= 0.3 is 0 Å². The average molecular weight is 415 g/mol. The van der Waals surface area contributed by atoms with Gasteiger partial charge in [0.2, 0.25) is 11.8 Å². The predicted octanol–water partition coefficient (Wildman–Crippen LogP) is 3.13. The largest absolute Gasteiger partial charge is 0.489 e. The summed E-state index contributed by atoms with van der Waals surface area (Å²) in [4.78, 5) is 28.7. The van der Waals surface area contributed by atoms with Crippen LogP contribution in [0.5, 0.6) is 5.75 Å². The Hall–Kier alpha value is -2.57. The van der Waals surface area contributed by atoms with Gasteiger partial charge < -0.3 is 19.3 Å². The van der Waals surface area contributed by atoms with Crippen molar-refractivity contribution in [1.29, 1.82) is 0 Å². The van der Waals surface area contributed by atoms with Crippen LogP contribution in [-0.2, 0) is 20.9 Å². The number of rotatable bonds is 5. The van der Waals surface area contributed by atoms with Crippen molar-refractivity contribution in [2.45, 2.75) is 13.0 Å². The molecule has 0 saturated carbocycles. The first-order chi connectivity index (χ1) is 14.1. The second kappa shape index (κ2) is 8.84. The van der Waals surface area contributed by atoms with Gasteiger partial charge in [0, 0.05) is 42.3 Å². The summed E-state index contributed by atoms with van der Waals surface area (Å²) in [6.07, 6.45) is 0.251. The smallest absolute Gasteiger partial charge is 0.228 e. The van der Waals surface area contributed by atoms with E-state index in [4.69, 9.17) is 21.1 Å². The van der Waals surface area contributed by atoms with Gasteiger partial charge in [-0.15, -0.1) is 0 Å². The number of carbonyl (C=O) groups is 2. The monoisotopic (exact) mass is 414 g/mol. The quantitative estimate of drug-likeness (QED) is 0.754. The zero-order chi connectivity index (χ0) is 20.2. The van der Waals surface area contributed by atoms with Crippen molar-refractivity contribution in [3.8, 4) is 5.75 Å². The lowest BCUT2D eigenvalue weighted by molar-refractivity contribution is -0.139. The van der Waals surface area contributed by atoms with Gasteiger partial charge in [0.25, 0.3) is 0 Å². The van der Waals surface area contributed by atoms with Crippen LogP contribution in [0.25, 0.3) is 0 Å². The molecule has 2 amide bonds. The molecule has 2 saturated heterocycles. The van der Waals surface area contributed by atoms with E-state index in [-0.39, 0.29) is 24.2 Å². The fourth-order valence-corrected chi connectivity index (χ4v) is 3.85. The van der Waals surface area contributed by atoms with E-state index in [9.17, 15) is 9.59 Å². The number of carbonyl (C=O) groups excluding carboxylic acids is 2. The van der Waals surface area contributed by atoms with Crippen molar-refractivity contribution < 1.29 is 19.1 Å². The van der Waals surface area contributed by atoms with E-state index < -0.39 is 0 Å². The topological polar surface area (TPSA) is 59.1 Å². The SMILES string of the molecule is O=C(C1CC(=O)N(c2ccc(OCc3ccccc3Cl)cc2)C1)N1CCOCC1. The standard InChI is InChI=1S/C22H23ClN2O4/c23-20-4-2-1-3-16(20)15-29-19-7-5-18(6-8-19)25-14-17(13-21(25)26)22(27)24-9-11-28-12-10-24/h1-8,17H,9-15H2. The van der Waals surface area contributed by atoms with Gasteiger partial charge in [-0.25, -0.2) is 0 Å². The van der Waals surface area contributed by atoms with E-state index >= 15 is 0 Å². The fraction of sp³-hybridized carbons (Fsp3) is 0.364. The van der Waals surface area contributed by atoms with E-state index in [1.807, 2.05) is 48.5 Å². The van der Waals surface area contributed by atoms with Gasteiger partial charge in [0.1, 0.15) is 12.4 Å². The Morgan fingerprint density at radius 1 is 1.10 bits per heavy atom. The van der Waals surface area contributed by atoms with Crippen molar-refractivity contribution in [2.75, 3.05) is 37.7 Å². The maximum Gasteiger partial charge on any atom is 0.228 e. The summed E-state index contributed by atoms with van der Waals surface area (Å²) in [6.45, 7) is 3.10. The molecule has 0 radical (unpaired) electrons. The lowest BCUT2D eigenvalue weighted by Crippen LogP contribution is -2.44. The predicted molar refractivity (Wildman–Crippen MR) is 110 cm³/mol. The number of hydrogen-bond acceptors (Lipinski definition) is 4. The molecule has 2 aromatic carbocycles. The Balaban J connectivity index is 1.36. The minimum absolute atomic E-state index is 0.0265. The molecule has 152 valence electrons. The van der Waals surface area contributed by atoms with Crippen molar-refractivity contribution in [1.82, 2.24) is 4.90 Å². The van der Waals surface area contributed by atoms with Gasteiger partial charge in [-0.2, -0.15) is 0 Å². The molecule has 1 atom stereocenters. The third-order valence-electron chi connectivity index (χ3n) is 5.30. The van der Waals surface area contributed by atoms with Crippen LogP contribution in [0.2, 0.25) is 5.02 Å². The van der Waals surface area contributed by atoms with Gasteiger partial charge in [0.05, 0.1) is 19.1 Å². The number of ether oxygens (including phenoxy) is 2. The van der Waals surface area contributed by atoms with Crippen LogP contribution in [0.4, 0.5) is 5.69 Å². The zero-order valence-corrected chi connectivity index (χ0v) is 16.8. The molecule has 2 aliphatic rings. The Morgan fingerprint density at radius 3 is 2.55 bits per heavy atom. The van der Waals surface area contributed by atoms with Crippen LogP contribution in [-0.4, -0.2) is 49.6 Å². The molecule has 2 fully saturated rings. The number of anilines is 1. The van der Waals surface area contributed by atoms with Crippen LogP contribution in [0.15, 0.2) is 48.5 Å². The van der Waals surface area contributed by atoms with E-state index in [2.05, 4.69) is 0 Å². The molecule has 1 unspecified atom stereocenters. The molecule has 7 heteroatoms. The summed E-state index contributed by atoms with van der Waals surface area (Å²) in [5, 5.41) is 0.669. The van der Waals surface area contributed by atoms with Crippen molar-refractivity contribution in [3.05, 3.63) is 59.1 Å². The van der Waals surface area contributed by atoms with Gasteiger partial charge in [-0.05, 0) is 30.3 Å². The lowest BCUT2D eigenvalue weighted by atomic mass is 10.1. The van der Waals surface area contributed by atoms with Crippen molar-refractivity contribution >= 4 is 29.1 Å². The highest BCUT2D eigenvalue weighted by molar-refractivity contribution is 6.31. The number of nitrogens with zero attached hydrogens (tertiary/aromatic N) is 2. The highest BCUT2D eigenvalue weighted by Crippen LogP contribution is 2.28. The van der Waals surface area contributed by atoms with Gasteiger partial charge in [0.15, 0.2) is 0 Å². The normalized spacial score (nSPS) is 19.5. The second-order valence-corrected chi connectivity index (χ2v) is 7.62. The Morgan fingerprint density at radius 2 is 1.83 bits per heavy atom. The Kier molecular flexibility index (Phi) is 6.02. The number of morpholine rings is 1. The third kappa shape index (κ3) is 4.54. The summed E-state index contributed by atoms with van der Waals surface area (Å²) < 4.78 is 11.1. The second-order valence-electron chi connectivity index (χ2n) is 7.22. The Bertz CT molecular complexity index is 881. The van der Waals surface area contributed by atoms with Gasteiger partial charge in [-0.1, -0.05) is 29.8 Å². The highest BCUT2D eigenvalue weighted by atomic mass is 35.5. The number of halogens is 1. The summed E-state index contributed by atoms with van der Waals surface area (Å²) >= 11 is 6.15. The van der Waals surface area contributed by atoms with E-state index in [0.29, 0.717) is 50.2 Å². The molecular formula is C22H23ClN2O4. The first kappa shape index (κ1) is 19.7. The molecule has 2 aliphatic heterocycles. The zero-order valence-electron chi connectivity index (χ0n) is 16.1. The minimum Gasteiger partial charge on any atom is -0.489 e. The maximum absolute atomic E-state index is 12.7. The highest BCUT2D eigenvalue weighted by Gasteiger charge is 2.37. The first-order valence-electron chi connectivity index (χ1n) is 9.75. The minimum atomic E-state index is -0.295. The molecule has 0 aromatic heterocycles. The third-order valence-corrected chi connectivity index (χ3v) is 5.67. The summed E-state index contributed by atoms with van der Waals surface area (Å²) in [5.41, 5.74) is 1.69. The first-order valence-corrected chi connectivity index (χ1v) is 10.1. The summed E-state index contributed by atoms with van der Waals surface area (Å²) in [5.74, 6) is 0.420. The van der Waals surface area contributed by atoms with Crippen LogP contribution < -0.4 is 9.64 Å². The molecule has 6 nitrogen and oxygen atoms in total. The maximum atomic E-state index is 12.7. The lowest BCUT2D eigenvalue weighted by Gasteiger charge is -2.29. The average Bonchev–Trinajstić information content (AvgIpc) is 3.15. The molecular weight excluding hydrogens is 392 g/mol. The fourth-order valence-electron chi connectivity index (χ4n) is 3.66. The van der Waals surface area contributed by atoms with Crippen LogP contribution in [0, 0.1) is 5.92 Å². The van der Waals surface area contributed by atoms with Crippen LogP contribution in [0.3, 0.4) is 0 Å². The van der Waals surface area contributed by atoms with Crippen molar-refractivity contribution in [3.63, 3.8) is 0 Å². The molecule has 0 N–H and O–H groups in total. The molecule has 0 bridgehead atoms. The molecule has 2 aromatic rings. The van der Waals surface area contributed by atoms with Gasteiger partial charge in [-0.3, -0.25) is 9.59 Å². The summed E-state index contributed by atoms with van der Waals surface area (Å²) in [6, 6.07) is 14.9. The molecule has 29 heavy (non-hydrogen) atoms. The van der Waals surface area contributed by atoms with E-state index in [1.165, 1.54) is 0 Å². The molecule has 2 heterocycles. The molecule has 0 aliphatic carbocycles. The summed E-state index contributed by atoms with van der Waals surface area (Å²) in [7, 11) is 0. The molecule has 4 rings (SSSR count). The molecule has 0 spiro atoms. The Labute approximate surface area is 174 Å². The van der Waals surface area contributed by atoms with Crippen LogP contribution in [0.1, 0.15) is 12.0 Å². The number of benzene rings is 2. The number of hydrogen-bond donors (Lipinski definition) is 0. The number of amides is 2. The van der Waals surface area contributed by atoms with E-state index in [1.54, 1.807) is 9.80 Å². The van der Waals surface area contributed by atoms with E-state index in [0.717, 1.165) is 11.3 Å². The van der Waals surface area contributed by atoms with Crippen molar-refractivity contribution in [2.24, 2.45) is 5.92 Å². The van der Waals surface area contributed by atoms with Crippen LogP contribution >= 0.6 is 11.6 Å².